The second-order valence-corrected chi connectivity index (χ2v) is 4.74. The summed E-state index contributed by atoms with van der Waals surface area (Å²) in [5.41, 5.74) is 3.16. The number of carbonyl (C=O) groups excluding carboxylic acids is 1. The van der Waals surface area contributed by atoms with Crippen molar-refractivity contribution >= 4 is 17.4 Å². The van der Waals surface area contributed by atoms with Crippen LogP contribution in [0.25, 0.3) is 0 Å². The molecule has 0 aliphatic rings. The van der Waals surface area contributed by atoms with Crippen molar-refractivity contribution in [1.29, 1.82) is 0 Å². The highest BCUT2D eigenvalue weighted by Gasteiger charge is 2.35. The summed E-state index contributed by atoms with van der Waals surface area (Å²) in [4.78, 5) is 26.9. The largest absolute Gasteiger partial charge is 0.476 e. The van der Waals surface area contributed by atoms with Crippen molar-refractivity contribution < 1.29 is 27.9 Å². The lowest BCUT2D eigenvalue weighted by Crippen LogP contribution is -2.16. The van der Waals surface area contributed by atoms with Crippen LogP contribution in [0.2, 0.25) is 0 Å². The number of nitrogens with two attached hydrogens (primary N) is 1. The lowest BCUT2D eigenvalue weighted by atomic mass is 9.95. The van der Waals surface area contributed by atoms with Crippen LogP contribution in [0.4, 0.5) is 18.9 Å². The summed E-state index contributed by atoms with van der Waals surface area (Å²) < 4.78 is 39.0. The number of pyridine rings is 1. The number of hydrogen-bond acceptors (Lipinski definition) is 4. The van der Waals surface area contributed by atoms with E-state index in [1.165, 1.54) is 19.1 Å². The summed E-state index contributed by atoms with van der Waals surface area (Å²) in [6.07, 6.45) is -3.77. The fourth-order valence-electron chi connectivity index (χ4n) is 2.09. The summed E-state index contributed by atoms with van der Waals surface area (Å²) in [6, 6.07) is 4.32. The first-order valence-corrected chi connectivity index (χ1v) is 6.34. The first-order valence-electron chi connectivity index (χ1n) is 6.34. The molecule has 120 valence electrons. The molecule has 2 aromatic rings. The van der Waals surface area contributed by atoms with Gasteiger partial charge in [-0.2, -0.15) is 13.2 Å². The van der Waals surface area contributed by atoms with Crippen LogP contribution >= 0.6 is 0 Å². The van der Waals surface area contributed by atoms with Gasteiger partial charge in [0.1, 0.15) is 0 Å². The van der Waals surface area contributed by atoms with Crippen molar-refractivity contribution in [1.82, 2.24) is 4.98 Å². The standard InChI is InChI=1S/C15H11F3N2O3/c1-7-9(6-20-12(11(7)19)14(22)23)13(21)8-4-2-3-5-10(8)15(16,17)18/h2-6H,19H2,1H3,(H,22,23). The minimum Gasteiger partial charge on any atom is -0.476 e. The van der Waals surface area contributed by atoms with Gasteiger partial charge in [0.2, 0.25) is 0 Å². The quantitative estimate of drug-likeness (QED) is 0.847. The number of carbonyl (C=O) groups is 2. The van der Waals surface area contributed by atoms with E-state index in [4.69, 9.17) is 10.8 Å². The predicted octanol–water partition coefficient (Wildman–Crippen LogP) is 2.92. The highest BCUT2D eigenvalue weighted by Crippen LogP contribution is 2.33. The van der Waals surface area contributed by atoms with Gasteiger partial charge in [0.25, 0.3) is 0 Å². The minimum atomic E-state index is -4.69. The number of rotatable bonds is 3. The Morgan fingerprint density at radius 2 is 1.78 bits per heavy atom. The van der Waals surface area contributed by atoms with Crippen LogP contribution in [0.3, 0.4) is 0 Å². The third-order valence-corrected chi connectivity index (χ3v) is 3.31. The van der Waals surface area contributed by atoms with Crippen LogP contribution in [0, 0.1) is 6.92 Å². The molecule has 5 nitrogen and oxygen atoms in total. The van der Waals surface area contributed by atoms with E-state index in [-0.39, 0.29) is 16.8 Å². The highest BCUT2D eigenvalue weighted by atomic mass is 19.4. The molecule has 0 atom stereocenters. The Bertz CT molecular complexity index is 801. The number of hydrogen-bond donors (Lipinski definition) is 2. The van der Waals surface area contributed by atoms with E-state index in [0.29, 0.717) is 0 Å². The summed E-state index contributed by atoms with van der Waals surface area (Å²) >= 11 is 0. The van der Waals surface area contributed by atoms with Gasteiger partial charge in [0, 0.05) is 17.3 Å². The number of aromatic nitrogens is 1. The maximum Gasteiger partial charge on any atom is 0.417 e. The molecule has 0 saturated heterocycles. The molecule has 0 spiro atoms. The zero-order chi connectivity index (χ0) is 17.4. The Balaban J connectivity index is 2.60. The van der Waals surface area contributed by atoms with E-state index in [0.717, 1.165) is 18.3 Å². The number of anilines is 1. The second-order valence-electron chi connectivity index (χ2n) is 4.74. The summed E-state index contributed by atoms with van der Waals surface area (Å²) in [5, 5.41) is 8.91. The number of alkyl halides is 3. The van der Waals surface area contributed by atoms with Gasteiger partial charge < -0.3 is 10.8 Å². The molecule has 0 radical (unpaired) electrons. The molecule has 0 aliphatic carbocycles. The maximum absolute atomic E-state index is 13.0. The Morgan fingerprint density at radius 3 is 2.35 bits per heavy atom. The topological polar surface area (TPSA) is 93.3 Å². The Labute approximate surface area is 128 Å². The summed E-state index contributed by atoms with van der Waals surface area (Å²) in [5.74, 6) is -2.31. The van der Waals surface area contributed by atoms with Gasteiger partial charge >= 0.3 is 12.1 Å². The van der Waals surface area contributed by atoms with Crippen LogP contribution in [0.15, 0.2) is 30.5 Å². The average molecular weight is 324 g/mol. The molecule has 1 aromatic carbocycles. The van der Waals surface area contributed by atoms with Crippen LogP contribution in [0.5, 0.6) is 0 Å². The third-order valence-electron chi connectivity index (χ3n) is 3.31. The molecule has 0 unspecified atom stereocenters. The van der Waals surface area contributed by atoms with E-state index in [2.05, 4.69) is 4.98 Å². The van der Waals surface area contributed by atoms with Crippen LogP contribution in [0.1, 0.15) is 37.5 Å². The average Bonchev–Trinajstić information content (AvgIpc) is 2.48. The van der Waals surface area contributed by atoms with Gasteiger partial charge in [-0.1, -0.05) is 18.2 Å². The first kappa shape index (κ1) is 16.5. The molecular weight excluding hydrogens is 313 g/mol. The second kappa shape index (κ2) is 5.71. The Kier molecular flexibility index (Phi) is 4.09. The number of aromatic carboxylic acids is 1. The first-order chi connectivity index (χ1) is 10.6. The van der Waals surface area contributed by atoms with Crippen LogP contribution in [-0.2, 0) is 6.18 Å². The van der Waals surface area contributed by atoms with E-state index in [1.54, 1.807) is 0 Å². The molecule has 3 N–H and O–H groups in total. The van der Waals surface area contributed by atoms with Gasteiger partial charge in [0.15, 0.2) is 11.5 Å². The van der Waals surface area contributed by atoms with Crippen molar-refractivity contribution in [3.63, 3.8) is 0 Å². The van der Waals surface area contributed by atoms with Crippen molar-refractivity contribution in [2.75, 3.05) is 5.73 Å². The molecule has 0 aliphatic heterocycles. The molecule has 0 amide bonds. The summed E-state index contributed by atoms with van der Waals surface area (Å²) in [7, 11) is 0. The Hall–Kier alpha value is -2.90. The molecule has 1 aromatic heterocycles. The number of nitrogen functional groups attached to an aromatic ring is 1. The minimum absolute atomic E-state index is 0.0689. The lowest BCUT2D eigenvalue weighted by Gasteiger charge is -2.14. The van der Waals surface area contributed by atoms with Crippen molar-refractivity contribution in [3.8, 4) is 0 Å². The number of nitrogens with zero attached hydrogens (tertiary/aromatic N) is 1. The predicted molar refractivity (Wildman–Crippen MR) is 75.2 cm³/mol. The van der Waals surface area contributed by atoms with Gasteiger partial charge in [0.05, 0.1) is 11.3 Å². The number of halogens is 3. The molecule has 1 heterocycles. The van der Waals surface area contributed by atoms with E-state index in [9.17, 15) is 22.8 Å². The molecule has 0 fully saturated rings. The molecule has 8 heteroatoms. The highest BCUT2D eigenvalue weighted by molar-refractivity contribution is 6.12. The van der Waals surface area contributed by atoms with Crippen LogP contribution in [-0.4, -0.2) is 21.8 Å². The number of ketones is 1. The zero-order valence-electron chi connectivity index (χ0n) is 11.8. The van der Waals surface area contributed by atoms with Gasteiger partial charge in [-0.05, 0) is 18.6 Å². The molecule has 0 saturated carbocycles. The van der Waals surface area contributed by atoms with E-state index >= 15 is 0 Å². The van der Waals surface area contributed by atoms with E-state index in [1.807, 2.05) is 0 Å². The molecular formula is C15H11F3N2O3. The van der Waals surface area contributed by atoms with Gasteiger partial charge in [-0.15, -0.1) is 0 Å². The molecule has 0 bridgehead atoms. The van der Waals surface area contributed by atoms with Crippen LogP contribution < -0.4 is 5.73 Å². The van der Waals surface area contributed by atoms with Gasteiger partial charge in [-0.25, -0.2) is 9.78 Å². The fourth-order valence-corrected chi connectivity index (χ4v) is 2.09. The number of carboxylic acid groups (broad SMARTS) is 1. The monoisotopic (exact) mass is 324 g/mol. The fraction of sp³-hybridized carbons (Fsp3) is 0.133. The Morgan fingerprint density at radius 1 is 1.17 bits per heavy atom. The van der Waals surface area contributed by atoms with Crippen molar-refractivity contribution in [3.05, 3.63) is 58.4 Å². The number of carboxylic acids is 1. The van der Waals surface area contributed by atoms with Crippen molar-refractivity contribution in [2.24, 2.45) is 0 Å². The molecule has 2 rings (SSSR count). The van der Waals surface area contributed by atoms with E-state index < -0.39 is 34.7 Å². The third kappa shape index (κ3) is 3.01. The lowest BCUT2D eigenvalue weighted by molar-refractivity contribution is -0.137. The molecule has 23 heavy (non-hydrogen) atoms. The normalized spacial score (nSPS) is 11.3. The maximum atomic E-state index is 13.0. The summed E-state index contributed by atoms with van der Waals surface area (Å²) in [6.45, 7) is 1.35. The zero-order valence-corrected chi connectivity index (χ0v) is 11.8. The SMILES string of the molecule is Cc1c(C(=O)c2ccccc2C(F)(F)F)cnc(C(=O)O)c1N. The number of benzene rings is 1. The smallest absolute Gasteiger partial charge is 0.417 e. The van der Waals surface area contributed by atoms with Crippen molar-refractivity contribution in [2.45, 2.75) is 13.1 Å². The van der Waals surface area contributed by atoms with Gasteiger partial charge in [-0.3, -0.25) is 4.79 Å².